The summed E-state index contributed by atoms with van der Waals surface area (Å²) in [6.07, 6.45) is 14.0. The van der Waals surface area contributed by atoms with Crippen molar-refractivity contribution in [2.24, 2.45) is 23.2 Å². The van der Waals surface area contributed by atoms with Crippen LogP contribution in [0.5, 0.6) is 0 Å². The SMILES string of the molecule is C=C1[C@H](O)CC(=C/C=C2\CCC[C@]3(C)[C@@H]([C@@H](C)CCCC(C)O)CC[C@@H]23)C[C@H]1O. The van der Waals surface area contributed by atoms with Gasteiger partial charge < -0.3 is 15.3 Å². The molecule has 0 spiro atoms. The molecule has 0 amide bonds. The highest BCUT2D eigenvalue weighted by Gasteiger charge is 2.50. The topological polar surface area (TPSA) is 60.7 Å². The number of aliphatic hydroxyl groups is 3. The molecule has 0 radical (unpaired) electrons. The van der Waals surface area contributed by atoms with Gasteiger partial charge in [0.2, 0.25) is 0 Å². The number of hydrogen-bond donors (Lipinski definition) is 3. The maximum Gasteiger partial charge on any atom is 0.0809 e. The lowest BCUT2D eigenvalue weighted by Gasteiger charge is -2.44. The van der Waals surface area contributed by atoms with Crippen LogP contribution in [0.2, 0.25) is 0 Å². The van der Waals surface area contributed by atoms with E-state index in [1.807, 2.05) is 6.92 Å². The molecule has 0 bridgehead atoms. The van der Waals surface area contributed by atoms with Crippen molar-refractivity contribution in [3.05, 3.63) is 35.5 Å². The highest BCUT2D eigenvalue weighted by atomic mass is 16.3. The van der Waals surface area contributed by atoms with Gasteiger partial charge in [-0.2, -0.15) is 0 Å². The largest absolute Gasteiger partial charge is 0.393 e. The van der Waals surface area contributed by atoms with Crippen LogP contribution < -0.4 is 0 Å². The summed E-state index contributed by atoms with van der Waals surface area (Å²) < 4.78 is 0. The van der Waals surface area contributed by atoms with E-state index >= 15 is 0 Å². The Morgan fingerprint density at radius 3 is 2.45 bits per heavy atom. The molecule has 3 N–H and O–H groups in total. The van der Waals surface area contributed by atoms with Gasteiger partial charge in [0, 0.05) is 0 Å². The van der Waals surface area contributed by atoms with Gasteiger partial charge in [0.15, 0.2) is 0 Å². The average molecular weight is 403 g/mol. The smallest absolute Gasteiger partial charge is 0.0809 e. The van der Waals surface area contributed by atoms with Gasteiger partial charge >= 0.3 is 0 Å². The first-order chi connectivity index (χ1) is 13.7. The van der Waals surface area contributed by atoms with Crippen LogP contribution in [0.25, 0.3) is 0 Å². The molecule has 0 saturated heterocycles. The molecule has 0 aliphatic heterocycles. The second-order valence-electron chi connectivity index (χ2n) is 10.4. The minimum atomic E-state index is -0.613. The van der Waals surface area contributed by atoms with Crippen molar-refractivity contribution in [1.29, 1.82) is 0 Å². The van der Waals surface area contributed by atoms with Gasteiger partial charge in [-0.3, -0.25) is 0 Å². The van der Waals surface area contributed by atoms with Crippen molar-refractivity contribution in [2.75, 3.05) is 0 Å². The highest BCUT2D eigenvalue weighted by molar-refractivity contribution is 5.29. The van der Waals surface area contributed by atoms with Gasteiger partial charge in [-0.15, -0.1) is 0 Å². The molecule has 0 heterocycles. The van der Waals surface area contributed by atoms with E-state index in [0.29, 0.717) is 29.7 Å². The molecule has 3 fully saturated rings. The van der Waals surface area contributed by atoms with E-state index in [0.717, 1.165) is 30.3 Å². The van der Waals surface area contributed by atoms with Gasteiger partial charge in [0.05, 0.1) is 18.3 Å². The monoisotopic (exact) mass is 402 g/mol. The molecular weight excluding hydrogens is 360 g/mol. The number of rotatable bonds is 6. The van der Waals surface area contributed by atoms with Gasteiger partial charge in [-0.05, 0) is 87.0 Å². The minimum absolute atomic E-state index is 0.180. The summed E-state index contributed by atoms with van der Waals surface area (Å²) in [5.41, 5.74) is 3.67. The molecule has 3 rings (SSSR count). The Hall–Kier alpha value is -0.900. The van der Waals surface area contributed by atoms with Crippen LogP contribution in [0.15, 0.2) is 35.5 Å². The molecule has 3 aliphatic carbocycles. The third kappa shape index (κ3) is 5.06. The number of hydrogen-bond acceptors (Lipinski definition) is 3. The molecule has 3 nitrogen and oxygen atoms in total. The zero-order chi connectivity index (χ0) is 21.2. The highest BCUT2D eigenvalue weighted by Crippen LogP contribution is 2.59. The van der Waals surface area contributed by atoms with Crippen molar-refractivity contribution in [2.45, 2.75) is 103 Å². The third-order valence-corrected chi connectivity index (χ3v) is 8.31. The van der Waals surface area contributed by atoms with E-state index < -0.39 is 12.2 Å². The van der Waals surface area contributed by atoms with Gasteiger partial charge in [0.1, 0.15) is 0 Å². The standard InChI is InChI=1S/C26H42O3/c1-17(7-5-8-18(2)27)22-12-13-23-21(9-6-14-26(22,23)4)11-10-20-15-24(28)19(3)25(29)16-20/h10-11,17-18,22-25,27-29H,3,5-9,12-16H2,1-2,4H3/b21-11+/t17-,18?,22+,23-,24+,25+,26+/m0/s1. The van der Waals surface area contributed by atoms with Crippen molar-refractivity contribution < 1.29 is 15.3 Å². The summed E-state index contributed by atoms with van der Waals surface area (Å²) in [6, 6.07) is 0. The second-order valence-corrected chi connectivity index (χ2v) is 10.4. The van der Waals surface area contributed by atoms with E-state index in [2.05, 4.69) is 32.6 Å². The first-order valence-electron chi connectivity index (χ1n) is 11.8. The molecule has 7 atom stereocenters. The second kappa shape index (κ2) is 9.49. The van der Waals surface area contributed by atoms with E-state index in [-0.39, 0.29) is 6.10 Å². The third-order valence-electron chi connectivity index (χ3n) is 8.31. The molecule has 3 aliphatic rings. The maximum absolute atomic E-state index is 10.1. The minimum Gasteiger partial charge on any atom is -0.393 e. The number of aliphatic hydroxyl groups excluding tert-OH is 3. The molecule has 0 aromatic carbocycles. The quantitative estimate of drug-likeness (QED) is 0.527. The van der Waals surface area contributed by atoms with Crippen LogP contribution in [0.4, 0.5) is 0 Å². The van der Waals surface area contributed by atoms with Crippen LogP contribution in [0.3, 0.4) is 0 Å². The van der Waals surface area contributed by atoms with E-state index in [1.165, 1.54) is 38.5 Å². The van der Waals surface area contributed by atoms with Crippen molar-refractivity contribution in [1.82, 2.24) is 0 Å². The lowest BCUT2D eigenvalue weighted by molar-refractivity contribution is 0.0907. The molecule has 1 unspecified atom stereocenters. The summed E-state index contributed by atoms with van der Waals surface area (Å²) in [7, 11) is 0. The Bertz CT molecular complexity index is 630. The Labute approximate surface area is 177 Å². The van der Waals surface area contributed by atoms with Crippen LogP contribution >= 0.6 is 0 Å². The first kappa shape index (κ1) is 22.8. The molecule has 3 saturated carbocycles. The lowest BCUT2D eigenvalue weighted by Crippen LogP contribution is -2.36. The Morgan fingerprint density at radius 1 is 1.10 bits per heavy atom. The Balaban J connectivity index is 1.68. The summed E-state index contributed by atoms with van der Waals surface area (Å²) in [4.78, 5) is 0. The zero-order valence-electron chi connectivity index (χ0n) is 18.7. The summed E-state index contributed by atoms with van der Waals surface area (Å²) in [5.74, 6) is 2.17. The Kier molecular flexibility index (Phi) is 7.46. The normalized spacial score (nSPS) is 38.8. The molecule has 164 valence electrons. The van der Waals surface area contributed by atoms with Crippen molar-refractivity contribution >= 4 is 0 Å². The van der Waals surface area contributed by atoms with Crippen LogP contribution in [-0.4, -0.2) is 33.6 Å². The van der Waals surface area contributed by atoms with E-state index in [4.69, 9.17) is 0 Å². The van der Waals surface area contributed by atoms with E-state index in [1.54, 1.807) is 5.57 Å². The molecular formula is C26H42O3. The molecule has 3 heteroatoms. The van der Waals surface area contributed by atoms with Gasteiger partial charge in [0.25, 0.3) is 0 Å². The number of fused-ring (bicyclic) bond motifs is 1. The van der Waals surface area contributed by atoms with Crippen LogP contribution in [-0.2, 0) is 0 Å². The van der Waals surface area contributed by atoms with Crippen molar-refractivity contribution in [3.63, 3.8) is 0 Å². The average Bonchev–Trinajstić information content (AvgIpc) is 3.01. The summed E-state index contributed by atoms with van der Waals surface area (Å²) in [6.45, 7) is 10.7. The lowest BCUT2D eigenvalue weighted by atomic mass is 9.60. The van der Waals surface area contributed by atoms with Crippen LogP contribution in [0.1, 0.15) is 85.0 Å². The van der Waals surface area contributed by atoms with Gasteiger partial charge in [-0.1, -0.05) is 56.6 Å². The number of allylic oxidation sites excluding steroid dienone is 3. The maximum atomic E-state index is 10.1. The summed E-state index contributed by atoms with van der Waals surface area (Å²) >= 11 is 0. The zero-order valence-corrected chi connectivity index (χ0v) is 18.7. The predicted octanol–water partition coefficient (Wildman–Crippen LogP) is 5.31. The first-order valence-corrected chi connectivity index (χ1v) is 11.8. The van der Waals surface area contributed by atoms with Crippen molar-refractivity contribution in [3.8, 4) is 0 Å². The molecule has 0 aromatic rings. The molecule has 29 heavy (non-hydrogen) atoms. The summed E-state index contributed by atoms with van der Waals surface area (Å²) in [5, 5.41) is 29.8. The molecule has 0 aromatic heterocycles. The fourth-order valence-corrected chi connectivity index (χ4v) is 6.58. The van der Waals surface area contributed by atoms with E-state index in [9.17, 15) is 15.3 Å². The van der Waals surface area contributed by atoms with Crippen LogP contribution in [0, 0.1) is 23.2 Å². The fraction of sp³-hybridized carbons (Fsp3) is 0.769. The Morgan fingerprint density at radius 2 is 1.79 bits per heavy atom. The van der Waals surface area contributed by atoms with Gasteiger partial charge in [-0.25, -0.2) is 0 Å². The predicted molar refractivity (Wildman–Crippen MR) is 119 cm³/mol. The fourth-order valence-electron chi connectivity index (χ4n) is 6.58.